The Labute approximate surface area is 509 Å². The van der Waals surface area contributed by atoms with Gasteiger partial charge < -0.3 is 4.74 Å². The summed E-state index contributed by atoms with van der Waals surface area (Å²) in [4.78, 5) is 23.9. The lowest BCUT2D eigenvalue weighted by atomic mass is 10.2. The van der Waals surface area contributed by atoms with Crippen LogP contribution in [0.15, 0.2) is 0 Å². The van der Waals surface area contributed by atoms with Gasteiger partial charge in [-0.2, -0.15) is 60.5 Å². The Morgan fingerprint density at radius 2 is 0.779 bits per heavy atom. The van der Waals surface area contributed by atoms with E-state index in [1.807, 2.05) is 45.0 Å². The van der Waals surface area contributed by atoms with Gasteiger partial charge in [0.2, 0.25) is 0 Å². The molecule has 0 spiro atoms. The molecule has 6 heterocycles. The SMILES string of the molecule is C#CC(C#N)N1CCN(C(C#N)C#N)CC1.C#CCN1CCN(CC#N)C(C)C1.C#CCN1CCN(CC#N)C(F)C1.C#CCN1CCN(CC#N)C(OCC(F)(F)F)C1.C#CCN1CCN(CC#N)CC1.N#CCCN1CCN(CCC#N)CC1. The molecule has 460 valence electrons. The van der Waals surface area contributed by atoms with Crippen molar-refractivity contribution >= 4 is 0 Å². The quantitative estimate of drug-likeness (QED) is 0.0887. The molecule has 0 N–H and O–H groups in total. The topological polar surface area (TPSA) is 262 Å². The van der Waals surface area contributed by atoms with E-state index in [-0.39, 0.29) is 19.6 Å². The molecule has 0 aliphatic carbocycles. The number of nitriles is 9. The minimum Gasteiger partial charge on any atom is -0.352 e. The highest BCUT2D eigenvalue weighted by molar-refractivity contribution is 5.14. The minimum absolute atomic E-state index is 0.0480. The monoisotopic (exact) mass is 1190 g/mol. The fraction of sp³-hybridized carbons (Fsp3) is 0.683. The second kappa shape index (κ2) is 46.7. The van der Waals surface area contributed by atoms with E-state index in [1.54, 1.807) is 9.80 Å². The summed E-state index contributed by atoms with van der Waals surface area (Å²) in [5, 5.41) is 77.2. The van der Waals surface area contributed by atoms with Crippen molar-refractivity contribution in [2.75, 3.05) is 209 Å². The number of hydrogen-bond donors (Lipinski definition) is 0. The van der Waals surface area contributed by atoms with E-state index in [0.717, 1.165) is 105 Å². The Balaban J connectivity index is 0.000000519. The summed E-state index contributed by atoms with van der Waals surface area (Å²) in [6.07, 6.45) is 21.0. The van der Waals surface area contributed by atoms with Gasteiger partial charge in [0, 0.05) is 169 Å². The Morgan fingerprint density at radius 3 is 1.17 bits per heavy atom. The highest BCUT2D eigenvalue weighted by Crippen LogP contribution is 2.19. The van der Waals surface area contributed by atoms with Gasteiger partial charge in [-0.15, -0.1) is 32.1 Å². The zero-order chi connectivity index (χ0) is 64.0. The van der Waals surface area contributed by atoms with Crippen molar-refractivity contribution in [1.29, 1.82) is 47.4 Å². The summed E-state index contributed by atoms with van der Waals surface area (Å²) in [6.45, 7) is 22.6. The van der Waals surface area contributed by atoms with Crippen molar-refractivity contribution in [3.05, 3.63) is 0 Å². The van der Waals surface area contributed by atoms with Gasteiger partial charge in [-0.1, -0.05) is 29.6 Å². The lowest BCUT2D eigenvalue weighted by Gasteiger charge is -2.39. The maximum atomic E-state index is 13.3. The van der Waals surface area contributed by atoms with Gasteiger partial charge in [-0.25, -0.2) is 4.39 Å². The van der Waals surface area contributed by atoms with E-state index in [9.17, 15) is 17.6 Å². The molecular weight excluding hydrogens is 1110 g/mol. The molecule has 4 atom stereocenters. The number of halogens is 4. The first-order chi connectivity index (χ1) is 41.5. The zero-order valence-corrected chi connectivity index (χ0v) is 49.6. The van der Waals surface area contributed by atoms with Crippen molar-refractivity contribution in [1.82, 2.24) is 58.8 Å². The number of rotatable bonds is 16. The van der Waals surface area contributed by atoms with Gasteiger partial charge in [0.25, 0.3) is 0 Å². The fourth-order valence-corrected chi connectivity index (χ4v) is 9.43. The lowest BCUT2D eigenvalue weighted by molar-refractivity contribution is -0.209. The van der Waals surface area contributed by atoms with Crippen LogP contribution in [0.4, 0.5) is 17.6 Å². The summed E-state index contributed by atoms with van der Waals surface area (Å²) in [6, 6.07) is 17.7. The molecule has 26 heteroatoms. The average Bonchev–Trinajstić information content (AvgIpc) is 3.62. The average molecular weight is 1190 g/mol. The van der Waals surface area contributed by atoms with Gasteiger partial charge in [0.1, 0.15) is 12.8 Å². The molecule has 6 saturated heterocycles. The first-order valence-electron chi connectivity index (χ1n) is 28.2. The summed E-state index contributed by atoms with van der Waals surface area (Å²) >= 11 is 0. The summed E-state index contributed by atoms with van der Waals surface area (Å²) in [5.41, 5.74) is 0. The van der Waals surface area contributed by atoms with Crippen LogP contribution < -0.4 is 0 Å². The fourth-order valence-electron chi connectivity index (χ4n) is 9.43. The predicted molar refractivity (Wildman–Crippen MR) is 315 cm³/mol. The Morgan fingerprint density at radius 1 is 0.419 bits per heavy atom. The van der Waals surface area contributed by atoms with Crippen LogP contribution in [0.3, 0.4) is 0 Å². The van der Waals surface area contributed by atoms with Crippen molar-refractivity contribution < 1.29 is 22.3 Å². The number of hydrogen-bond acceptors (Lipinski definition) is 22. The van der Waals surface area contributed by atoms with Crippen LogP contribution in [0.1, 0.15) is 19.8 Å². The molecule has 0 amide bonds. The molecule has 6 fully saturated rings. The van der Waals surface area contributed by atoms with E-state index in [4.69, 9.17) is 84.2 Å². The first kappa shape index (κ1) is 76.4. The van der Waals surface area contributed by atoms with E-state index < -0.39 is 37.4 Å². The number of terminal acetylenes is 5. The molecule has 0 aromatic heterocycles. The molecule has 4 unspecified atom stereocenters. The zero-order valence-electron chi connectivity index (χ0n) is 49.6. The third-order valence-corrected chi connectivity index (χ3v) is 14.3. The number of alkyl halides is 4. The molecule has 86 heavy (non-hydrogen) atoms. The Hall–Kier alpha value is -7.59. The molecule has 0 radical (unpaired) electrons. The lowest BCUT2D eigenvalue weighted by Crippen LogP contribution is -2.54. The van der Waals surface area contributed by atoms with Crippen LogP contribution in [0.2, 0.25) is 0 Å². The Bertz CT molecular complexity index is 2390. The van der Waals surface area contributed by atoms with Crippen LogP contribution in [-0.2, 0) is 4.74 Å². The van der Waals surface area contributed by atoms with Gasteiger partial charge in [-0.3, -0.25) is 58.8 Å². The third-order valence-electron chi connectivity index (χ3n) is 14.3. The molecule has 0 aromatic rings. The van der Waals surface area contributed by atoms with Crippen LogP contribution in [-0.4, -0.2) is 305 Å². The van der Waals surface area contributed by atoms with Gasteiger partial charge in [-0.05, 0) is 6.92 Å². The third kappa shape index (κ3) is 32.6. The van der Waals surface area contributed by atoms with Crippen LogP contribution in [0.25, 0.3) is 0 Å². The highest BCUT2D eigenvalue weighted by atomic mass is 19.4. The maximum Gasteiger partial charge on any atom is 0.411 e. The second-order valence-electron chi connectivity index (χ2n) is 20.2. The molecule has 6 aliphatic rings. The highest BCUT2D eigenvalue weighted by Gasteiger charge is 2.34. The molecule has 0 saturated carbocycles. The molecular formula is C60H81F4N21O. The molecule has 0 bridgehead atoms. The smallest absolute Gasteiger partial charge is 0.352 e. The molecule has 22 nitrogen and oxygen atoms in total. The second-order valence-corrected chi connectivity index (χ2v) is 20.2. The normalized spacial score (nSPS) is 21.6. The summed E-state index contributed by atoms with van der Waals surface area (Å²) < 4.78 is 54.4. The molecule has 0 aromatic carbocycles. The van der Waals surface area contributed by atoms with E-state index in [2.05, 4.69) is 90.2 Å². The number of piperazine rings is 6. The molecule has 6 aliphatic heterocycles. The van der Waals surface area contributed by atoms with Crippen molar-refractivity contribution in [3.8, 4) is 116 Å². The standard InChI is InChI=1S/C11H14F3N3O.C11H11N5.C10H16N4.C10H15N3.C9H12FN3.C9H13N3/c1-2-4-16-6-7-17(5-3-15)10(8-16)18-9-11(12,13)14;1-2-10(7-12)15-3-5-16(6-4-15)11(8-13)9-14;11-3-1-5-13-7-9-14(10-8-13)6-2-4-12;1-3-5-12-7-8-13(6-4-11)10(2)9-12;1-2-4-12-6-7-13(5-3-11)9(10)8-12;1-2-4-11-6-8-12(5-3-10)9-7-11/h1,10H,4-9H2;1,10-11H,3-6H2;1-2,5-10H2;1,10H,5-9H2,2H3;1,9H,4-8H2;1H,4-9H2. The van der Waals surface area contributed by atoms with Crippen molar-refractivity contribution in [2.24, 2.45) is 0 Å². The van der Waals surface area contributed by atoms with Crippen molar-refractivity contribution in [3.63, 3.8) is 0 Å². The largest absolute Gasteiger partial charge is 0.411 e. The Kier molecular flexibility index (Phi) is 41.5. The number of nitrogens with zero attached hydrogens (tertiary/aromatic N) is 21. The molecule has 6 rings (SSSR count). The van der Waals surface area contributed by atoms with Crippen LogP contribution in [0.5, 0.6) is 0 Å². The van der Waals surface area contributed by atoms with Crippen molar-refractivity contribution in [2.45, 2.75) is 56.6 Å². The van der Waals surface area contributed by atoms with Crippen LogP contribution >= 0.6 is 0 Å². The van der Waals surface area contributed by atoms with E-state index in [0.29, 0.717) is 97.4 Å². The van der Waals surface area contributed by atoms with Crippen LogP contribution in [0, 0.1) is 164 Å². The predicted octanol–water partition coefficient (Wildman–Crippen LogP) is 0.609. The van der Waals surface area contributed by atoms with Gasteiger partial charge in [0.15, 0.2) is 18.4 Å². The minimum atomic E-state index is -4.37. The summed E-state index contributed by atoms with van der Waals surface area (Å²) in [5.74, 6) is 12.6. The van der Waals surface area contributed by atoms with Gasteiger partial charge in [0.05, 0.1) is 107 Å². The van der Waals surface area contributed by atoms with Gasteiger partial charge >= 0.3 is 6.18 Å². The van der Waals surface area contributed by atoms with E-state index >= 15 is 0 Å². The first-order valence-corrected chi connectivity index (χ1v) is 28.2. The maximum absolute atomic E-state index is 13.3. The summed E-state index contributed by atoms with van der Waals surface area (Å²) in [7, 11) is 0. The number of ether oxygens (including phenoxy) is 1. The van der Waals surface area contributed by atoms with E-state index in [1.165, 1.54) is 4.90 Å².